The van der Waals surface area contributed by atoms with E-state index in [4.69, 9.17) is 0 Å². The molecule has 0 bridgehead atoms. The predicted octanol–water partition coefficient (Wildman–Crippen LogP) is 3.47. The van der Waals surface area contributed by atoms with E-state index in [0.29, 0.717) is 3.92 Å². The average molecular weight is 498 g/mol. The topological polar surface area (TPSA) is 12.9 Å². The summed E-state index contributed by atoms with van der Waals surface area (Å²) in [5.74, 6) is 0. The Labute approximate surface area is 111 Å². The molecular weight excluding hydrogens is 493 g/mol. The molecule has 0 N–H and O–H groups in total. The zero-order chi connectivity index (χ0) is 8.48. The number of hydrogen-bond donors (Lipinski definition) is 0. The summed E-state index contributed by atoms with van der Waals surface area (Å²) in [6.07, 6.45) is -2.87. The number of halogens is 4. The zero-order valence-corrected chi connectivity index (χ0v) is 13.1. The fourth-order valence-electron chi connectivity index (χ4n) is 0.492. The monoisotopic (exact) mass is 497 g/mol. The summed E-state index contributed by atoms with van der Waals surface area (Å²) in [5, 5.41) is 0. The normalized spacial score (nSPS) is 9.85. The maximum atomic E-state index is 11.7. The third kappa shape index (κ3) is 6.84. The molecule has 1 rings (SSSR count). The molecule has 72 valence electrons. The molecule has 0 fully saturated rings. The van der Waals surface area contributed by atoms with Crippen molar-refractivity contribution >= 4 is 27.3 Å². The van der Waals surface area contributed by atoms with E-state index in [1.54, 1.807) is 0 Å². The predicted molar refractivity (Wildman–Crippen MR) is 45.7 cm³/mol. The van der Waals surface area contributed by atoms with Gasteiger partial charge in [-0.1, -0.05) is 0 Å². The molecule has 0 saturated carbocycles. The van der Waals surface area contributed by atoms with Crippen LogP contribution < -0.4 is 0 Å². The van der Waals surface area contributed by atoms with Crippen molar-refractivity contribution in [2.24, 2.45) is 0 Å². The largest absolute Gasteiger partial charge is 2.00 e. The summed E-state index contributed by atoms with van der Waals surface area (Å²) < 4.78 is 35.4. The first kappa shape index (κ1) is 16.3. The SMILES string of the molecule is FC(F)(F)[CH-]c1cnc(Br)s1.[CH3-].[U+2]. The van der Waals surface area contributed by atoms with Gasteiger partial charge in [-0.25, -0.2) is 0 Å². The van der Waals surface area contributed by atoms with E-state index in [1.165, 1.54) is 6.20 Å². The van der Waals surface area contributed by atoms with Gasteiger partial charge in [0.25, 0.3) is 0 Å². The number of alkyl halides is 3. The molecule has 1 heterocycles. The van der Waals surface area contributed by atoms with Crippen molar-refractivity contribution in [3.63, 3.8) is 0 Å². The summed E-state index contributed by atoms with van der Waals surface area (Å²) in [7, 11) is 0. The standard InChI is InChI=1S/C5H2BrF3NS.CH3.U/c6-4-10-2-3(11-4)1-5(7,8)9;;/h1-2H;1H3;/q2*-1;+2. The Hall–Kier alpha value is 0.822. The van der Waals surface area contributed by atoms with Crippen molar-refractivity contribution < 1.29 is 44.3 Å². The second kappa shape index (κ2) is 6.33. The number of nitrogens with zero attached hydrogens (tertiary/aromatic N) is 1. The number of thiazole rings is 1. The smallest absolute Gasteiger partial charge is 0.358 e. The Kier molecular flexibility index (Phi) is 7.92. The Bertz CT molecular complexity index is 250. The van der Waals surface area contributed by atoms with Gasteiger partial charge in [0.15, 0.2) is 0 Å². The van der Waals surface area contributed by atoms with Gasteiger partial charge in [0.2, 0.25) is 0 Å². The molecule has 1 aromatic heterocycles. The minimum atomic E-state index is -4.26. The summed E-state index contributed by atoms with van der Waals surface area (Å²) in [6.45, 7) is 0. The van der Waals surface area contributed by atoms with Crippen LogP contribution in [0.1, 0.15) is 4.88 Å². The van der Waals surface area contributed by atoms with Gasteiger partial charge < -0.3 is 12.4 Å². The quantitative estimate of drug-likeness (QED) is 0.541. The molecule has 0 aliphatic carbocycles. The summed E-state index contributed by atoms with van der Waals surface area (Å²) in [6, 6.07) is 0. The third-order valence-electron chi connectivity index (χ3n) is 0.801. The van der Waals surface area contributed by atoms with Gasteiger partial charge >= 0.3 is 37.3 Å². The van der Waals surface area contributed by atoms with Crippen LogP contribution in [0.25, 0.3) is 0 Å². The summed E-state index contributed by atoms with van der Waals surface area (Å²) >= 11 is 3.90. The maximum absolute atomic E-state index is 11.7. The number of hydrogen-bond acceptors (Lipinski definition) is 2. The van der Waals surface area contributed by atoms with E-state index < -0.39 is 6.18 Å². The molecule has 0 spiro atoms. The van der Waals surface area contributed by atoms with Gasteiger partial charge in [-0.15, -0.1) is 28.8 Å². The Balaban J connectivity index is 0. The van der Waals surface area contributed by atoms with Crippen molar-refractivity contribution in [2.75, 3.05) is 0 Å². The Morgan fingerprint density at radius 1 is 1.46 bits per heavy atom. The zero-order valence-electron chi connectivity index (χ0n) is 6.52. The van der Waals surface area contributed by atoms with Crippen LogP contribution in [-0.2, 0) is 0 Å². The molecule has 0 aliphatic rings. The third-order valence-corrected chi connectivity index (χ3v) is 2.22. The van der Waals surface area contributed by atoms with Crippen LogP contribution in [0.5, 0.6) is 0 Å². The minimum Gasteiger partial charge on any atom is -0.358 e. The van der Waals surface area contributed by atoms with Crippen molar-refractivity contribution in [1.29, 1.82) is 0 Å². The molecule has 7 heteroatoms. The fourth-order valence-corrected chi connectivity index (χ4v) is 1.75. The molecule has 0 aromatic carbocycles. The van der Waals surface area contributed by atoms with Crippen LogP contribution in [-0.4, -0.2) is 11.2 Å². The van der Waals surface area contributed by atoms with E-state index in [0.717, 1.165) is 11.3 Å². The molecule has 0 saturated heterocycles. The first-order valence-corrected chi connectivity index (χ1v) is 4.12. The molecule has 0 amide bonds. The average Bonchev–Trinajstić information content (AvgIpc) is 2.10. The van der Waals surface area contributed by atoms with Gasteiger partial charge in [0.1, 0.15) is 3.92 Å². The van der Waals surface area contributed by atoms with Crippen molar-refractivity contribution in [3.05, 3.63) is 28.8 Å². The van der Waals surface area contributed by atoms with Gasteiger partial charge in [-0.3, -0.25) is 0 Å². The van der Waals surface area contributed by atoms with Crippen LogP contribution >= 0.6 is 27.3 Å². The van der Waals surface area contributed by atoms with Crippen molar-refractivity contribution in [1.82, 2.24) is 4.98 Å². The number of aromatic nitrogens is 1. The second-order valence-electron chi connectivity index (χ2n) is 1.70. The first-order valence-electron chi connectivity index (χ1n) is 2.51. The molecule has 1 nitrogen and oxygen atoms in total. The van der Waals surface area contributed by atoms with Gasteiger partial charge in [-0.05, 0) is 15.9 Å². The van der Waals surface area contributed by atoms with Gasteiger partial charge in [-0.2, -0.15) is 13.2 Å². The fraction of sp³-hybridized carbons (Fsp3) is 0.167. The maximum Gasteiger partial charge on any atom is 2.00 e. The minimum absolute atomic E-state index is 0. The van der Waals surface area contributed by atoms with E-state index >= 15 is 0 Å². The Morgan fingerprint density at radius 3 is 2.31 bits per heavy atom. The molecule has 0 radical (unpaired) electrons. The van der Waals surface area contributed by atoms with E-state index in [2.05, 4.69) is 20.9 Å². The van der Waals surface area contributed by atoms with Crippen molar-refractivity contribution in [2.45, 2.75) is 6.18 Å². The first-order chi connectivity index (χ1) is 4.97. The van der Waals surface area contributed by atoms with E-state index in [-0.39, 0.29) is 49.8 Å². The molecule has 13 heavy (non-hydrogen) atoms. The molecule has 0 atom stereocenters. The Morgan fingerprint density at radius 2 is 2.00 bits per heavy atom. The van der Waals surface area contributed by atoms with Crippen LogP contribution in [0.3, 0.4) is 0 Å². The van der Waals surface area contributed by atoms with E-state index in [1.807, 2.05) is 0 Å². The molecule has 1 aromatic rings. The van der Waals surface area contributed by atoms with E-state index in [9.17, 15) is 13.2 Å². The van der Waals surface area contributed by atoms with Gasteiger partial charge in [0.05, 0.1) is 0 Å². The van der Waals surface area contributed by atoms with Crippen molar-refractivity contribution in [3.8, 4) is 0 Å². The summed E-state index contributed by atoms with van der Waals surface area (Å²) in [5.41, 5.74) is 0. The second-order valence-corrected chi connectivity index (χ2v) is 4.04. The van der Waals surface area contributed by atoms with Crippen LogP contribution in [0.2, 0.25) is 0 Å². The van der Waals surface area contributed by atoms with Gasteiger partial charge in [0, 0.05) is 0 Å². The van der Waals surface area contributed by atoms with Crippen LogP contribution in [0, 0.1) is 45.0 Å². The number of rotatable bonds is 1. The van der Waals surface area contributed by atoms with Crippen LogP contribution in [0.15, 0.2) is 10.1 Å². The van der Waals surface area contributed by atoms with Crippen LogP contribution in [0.4, 0.5) is 13.2 Å². The molecular formula is C6H5BrF3NSU. The summed E-state index contributed by atoms with van der Waals surface area (Å²) in [4.78, 5) is 3.71. The molecule has 0 aliphatic heterocycles. The molecule has 0 unspecified atom stereocenters.